The van der Waals surface area contributed by atoms with Crippen LogP contribution in [-0.4, -0.2) is 48.0 Å². The third-order valence-corrected chi connectivity index (χ3v) is 15.7. The predicted octanol–water partition coefficient (Wildman–Crippen LogP) is 10.8. The van der Waals surface area contributed by atoms with Gasteiger partial charge in [0.2, 0.25) is 6.43 Å². The summed E-state index contributed by atoms with van der Waals surface area (Å²) >= 11 is 0. The van der Waals surface area contributed by atoms with Crippen LogP contribution < -0.4 is 5.73 Å². The smallest absolute Gasteiger partial charge is 0.321 e. The summed E-state index contributed by atoms with van der Waals surface area (Å²) in [5.74, 6) is -0.288. The molecule has 0 aromatic carbocycles. The molecular formula is C41H67F5N2O. The largest absolute Gasteiger partial charge is 0.392 e. The lowest BCUT2D eigenvalue weighted by Crippen LogP contribution is -2.51. The molecule has 0 aromatic heterocycles. The van der Waals surface area contributed by atoms with E-state index in [4.69, 9.17) is 5.73 Å². The molecule has 2 N–H and O–H groups in total. The summed E-state index contributed by atoms with van der Waals surface area (Å²) in [5.41, 5.74) is 6.65. The van der Waals surface area contributed by atoms with E-state index >= 15 is 0 Å². The van der Waals surface area contributed by atoms with Gasteiger partial charge in [0.1, 0.15) is 0 Å². The maximum Gasteiger partial charge on any atom is 0.392 e. The van der Waals surface area contributed by atoms with Gasteiger partial charge in [0.15, 0.2) is 5.78 Å². The lowest BCUT2D eigenvalue weighted by Gasteiger charge is -2.45. The Morgan fingerprint density at radius 2 is 1.51 bits per heavy atom. The average Bonchev–Trinajstić information content (AvgIpc) is 3.33. The first-order valence-electron chi connectivity index (χ1n) is 20.8. The summed E-state index contributed by atoms with van der Waals surface area (Å²) in [6.07, 6.45) is 13.0. The molecule has 49 heavy (non-hydrogen) atoms. The molecule has 0 amide bonds. The number of carbonyl (C=O) groups is 1. The van der Waals surface area contributed by atoms with Crippen molar-refractivity contribution in [2.45, 2.75) is 179 Å². The second-order valence-electron chi connectivity index (χ2n) is 18.2. The first-order chi connectivity index (χ1) is 23.4. The zero-order chi connectivity index (χ0) is 34.9. The highest BCUT2D eigenvalue weighted by Crippen LogP contribution is 2.51. The molecule has 3 nitrogen and oxygen atoms in total. The van der Waals surface area contributed by atoms with Crippen LogP contribution in [0.2, 0.25) is 0 Å². The summed E-state index contributed by atoms with van der Waals surface area (Å²) in [7, 11) is 0. The fraction of sp³-hybridized carbons (Fsp3) is 0.976. The number of ketones is 1. The molecule has 282 valence electrons. The van der Waals surface area contributed by atoms with Crippen LogP contribution in [-0.2, 0) is 4.79 Å². The van der Waals surface area contributed by atoms with Crippen molar-refractivity contribution in [3.63, 3.8) is 0 Å². The van der Waals surface area contributed by atoms with E-state index < -0.39 is 36.4 Å². The topological polar surface area (TPSA) is 46.3 Å². The second-order valence-corrected chi connectivity index (χ2v) is 18.2. The van der Waals surface area contributed by atoms with Gasteiger partial charge in [0.25, 0.3) is 0 Å². The quantitative estimate of drug-likeness (QED) is 0.193. The molecule has 6 aliphatic rings. The first-order valence-corrected chi connectivity index (χ1v) is 20.8. The van der Waals surface area contributed by atoms with Gasteiger partial charge in [-0.25, -0.2) is 8.78 Å². The molecule has 2 heterocycles. The summed E-state index contributed by atoms with van der Waals surface area (Å²) in [6.45, 7) is 5.30. The zero-order valence-corrected chi connectivity index (χ0v) is 30.5. The second kappa shape index (κ2) is 16.5. The molecule has 2 saturated heterocycles. The summed E-state index contributed by atoms with van der Waals surface area (Å²) < 4.78 is 72.9. The number of carbonyl (C=O) groups excluding carboxylic acids is 1. The standard InChI is InChI=1S/C41H67F5N2O/c1-3-26-11-15-29(16-12-26)28-8-6-7-27(13-17-28)21-30-18-19-31(23-36(30)41(44,45)46)37(47)39(49)32-14-10-25(2)34(22-32)38-35(40(42)43)24-33-9-4-5-20-48(33)38/h25-38,40H,3-24,47H2,1-2H3. The molecule has 0 radical (unpaired) electrons. The van der Waals surface area contributed by atoms with Crippen LogP contribution >= 0.6 is 0 Å². The molecule has 0 aromatic rings. The molecule has 12 unspecified atom stereocenters. The summed E-state index contributed by atoms with van der Waals surface area (Å²) in [4.78, 5) is 16.3. The fourth-order valence-corrected chi connectivity index (χ4v) is 12.7. The average molecular weight is 699 g/mol. The Bertz CT molecular complexity index is 1060. The van der Waals surface area contributed by atoms with E-state index in [9.17, 15) is 26.7 Å². The summed E-state index contributed by atoms with van der Waals surface area (Å²) in [6, 6.07) is -0.904. The minimum absolute atomic E-state index is 0.00111. The third-order valence-electron chi connectivity index (χ3n) is 15.7. The van der Waals surface area contributed by atoms with E-state index in [1.165, 1.54) is 44.9 Å². The molecule has 4 saturated carbocycles. The van der Waals surface area contributed by atoms with E-state index in [0.717, 1.165) is 69.2 Å². The Kier molecular flexibility index (Phi) is 12.8. The number of halogens is 5. The minimum atomic E-state index is -4.29. The van der Waals surface area contributed by atoms with Crippen LogP contribution in [0.15, 0.2) is 0 Å². The van der Waals surface area contributed by atoms with E-state index in [1.807, 2.05) is 0 Å². The Balaban J connectivity index is 1.05. The first kappa shape index (κ1) is 38.0. The number of hydrogen-bond acceptors (Lipinski definition) is 3. The Morgan fingerprint density at radius 1 is 0.796 bits per heavy atom. The lowest BCUT2D eigenvalue weighted by molar-refractivity contribution is -0.203. The van der Waals surface area contributed by atoms with Crippen molar-refractivity contribution in [2.75, 3.05) is 6.54 Å². The van der Waals surface area contributed by atoms with Gasteiger partial charge < -0.3 is 5.73 Å². The molecule has 12 atom stereocenters. The van der Waals surface area contributed by atoms with E-state index in [2.05, 4.69) is 18.7 Å². The van der Waals surface area contributed by atoms with Crippen molar-refractivity contribution < 1.29 is 26.7 Å². The Labute approximate surface area is 293 Å². The zero-order valence-electron chi connectivity index (χ0n) is 30.5. The van der Waals surface area contributed by atoms with Gasteiger partial charge >= 0.3 is 6.18 Å². The molecule has 0 bridgehead atoms. The van der Waals surface area contributed by atoms with Crippen LogP contribution in [0.5, 0.6) is 0 Å². The van der Waals surface area contributed by atoms with Crippen molar-refractivity contribution in [1.82, 2.24) is 4.90 Å². The number of fused-ring (bicyclic) bond motifs is 1. The van der Waals surface area contributed by atoms with Crippen molar-refractivity contribution in [2.24, 2.45) is 70.8 Å². The van der Waals surface area contributed by atoms with Gasteiger partial charge in [-0.3, -0.25) is 9.69 Å². The molecule has 0 spiro atoms. The van der Waals surface area contributed by atoms with Crippen LogP contribution in [0.3, 0.4) is 0 Å². The number of piperidine rings is 1. The molecule has 8 heteroatoms. The van der Waals surface area contributed by atoms with Crippen molar-refractivity contribution >= 4 is 5.78 Å². The van der Waals surface area contributed by atoms with Crippen LogP contribution in [0.1, 0.15) is 149 Å². The van der Waals surface area contributed by atoms with Gasteiger partial charge in [-0.2, -0.15) is 13.2 Å². The maximum atomic E-state index is 14.7. The maximum absolute atomic E-state index is 14.7. The summed E-state index contributed by atoms with van der Waals surface area (Å²) in [5, 5.41) is 0. The van der Waals surface area contributed by atoms with E-state index in [0.29, 0.717) is 44.4 Å². The predicted molar refractivity (Wildman–Crippen MR) is 186 cm³/mol. The van der Waals surface area contributed by atoms with Crippen molar-refractivity contribution in [3.05, 3.63) is 0 Å². The minimum Gasteiger partial charge on any atom is -0.321 e. The highest BCUT2D eigenvalue weighted by atomic mass is 19.4. The number of hydrogen-bond donors (Lipinski definition) is 1. The number of rotatable bonds is 9. The van der Waals surface area contributed by atoms with Crippen LogP contribution in [0.25, 0.3) is 0 Å². The van der Waals surface area contributed by atoms with Crippen LogP contribution in [0.4, 0.5) is 22.0 Å². The van der Waals surface area contributed by atoms with E-state index in [-0.39, 0.29) is 48.0 Å². The van der Waals surface area contributed by atoms with Crippen molar-refractivity contribution in [1.29, 1.82) is 0 Å². The monoisotopic (exact) mass is 699 g/mol. The molecule has 2 aliphatic heterocycles. The van der Waals surface area contributed by atoms with E-state index in [1.54, 1.807) is 0 Å². The Hall–Kier alpha value is -0.760. The molecule has 4 aliphatic carbocycles. The van der Waals surface area contributed by atoms with Gasteiger partial charge in [-0.1, -0.05) is 65.2 Å². The van der Waals surface area contributed by atoms with Gasteiger partial charge in [-0.05, 0) is 137 Å². The van der Waals surface area contributed by atoms with Crippen molar-refractivity contribution in [3.8, 4) is 0 Å². The third kappa shape index (κ3) is 8.73. The van der Waals surface area contributed by atoms with Gasteiger partial charge in [0, 0.05) is 23.9 Å². The highest BCUT2D eigenvalue weighted by Gasteiger charge is 2.53. The SMILES string of the molecule is CCC1CCC(C2CCCC(CC3CCC(C(N)C(=O)C4CCC(C)C(C5C(C(F)F)CC6CCCCN65)C4)CC3C(F)(F)F)CC2)CC1. The Morgan fingerprint density at radius 3 is 2.20 bits per heavy atom. The normalized spacial score (nSPS) is 43.6. The number of nitrogens with zero attached hydrogens (tertiary/aromatic N) is 1. The lowest BCUT2D eigenvalue weighted by atomic mass is 9.64. The highest BCUT2D eigenvalue weighted by molar-refractivity contribution is 5.86. The molecular weight excluding hydrogens is 631 g/mol. The fourth-order valence-electron chi connectivity index (χ4n) is 12.7. The van der Waals surface area contributed by atoms with Crippen LogP contribution in [0, 0.1) is 65.1 Å². The number of Topliss-reactive ketones (excluding diaryl/α,β-unsaturated/α-hetero) is 1. The molecule has 6 fully saturated rings. The van der Waals surface area contributed by atoms with Gasteiger partial charge in [0.05, 0.1) is 12.0 Å². The number of alkyl halides is 5. The molecule has 6 rings (SSSR count). The van der Waals surface area contributed by atoms with Gasteiger partial charge in [-0.15, -0.1) is 0 Å². The number of nitrogens with two attached hydrogens (primary N) is 1.